The van der Waals surface area contributed by atoms with E-state index in [2.05, 4.69) is 4.98 Å². The van der Waals surface area contributed by atoms with Gasteiger partial charge in [0.2, 0.25) is 10.0 Å². The van der Waals surface area contributed by atoms with E-state index in [1.165, 1.54) is 15.8 Å². The van der Waals surface area contributed by atoms with Gasteiger partial charge in [-0.3, -0.25) is 0 Å². The van der Waals surface area contributed by atoms with E-state index in [4.69, 9.17) is 0 Å². The summed E-state index contributed by atoms with van der Waals surface area (Å²) in [4.78, 5) is 4.58. The Morgan fingerprint density at radius 2 is 1.65 bits per heavy atom. The van der Waals surface area contributed by atoms with Crippen LogP contribution in [0.15, 0.2) is 42.5 Å². The third kappa shape index (κ3) is 3.15. The van der Waals surface area contributed by atoms with Crippen molar-refractivity contribution in [1.29, 1.82) is 0 Å². The molecule has 0 saturated heterocycles. The maximum atomic E-state index is 12.3. The minimum absolute atomic E-state index is 0.587. The largest absolute Gasteiger partial charge is 0.237 e. The molecular weight excluding hydrogens is 308 g/mol. The first-order chi connectivity index (χ1) is 10.9. The smallest absolute Gasteiger partial charge is 0.232 e. The molecule has 4 nitrogen and oxygen atoms in total. The van der Waals surface area contributed by atoms with Crippen molar-refractivity contribution in [3.05, 3.63) is 65.0 Å². The van der Waals surface area contributed by atoms with E-state index in [0.717, 1.165) is 23.1 Å². The van der Waals surface area contributed by atoms with Gasteiger partial charge in [-0.15, -0.1) is 0 Å². The van der Waals surface area contributed by atoms with E-state index >= 15 is 0 Å². The van der Waals surface area contributed by atoms with Crippen LogP contribution in [0.5, 0.6) is 0 Å². The van der Waals surface area contributed by atoms with Gasteiger partial charge in [0.15, 0.2) is 0 Å². The molecule has 0 unspecified atom stereocenters. The zero-order valence-electron chi connectivity index (χ0n) is 13.6. The predicted molar refractivity (Wildman–Crippen MR) is 93.3 cm³/mol. The van der Waals surface area contributed by atoms with E-state index in [1.54, 1.807) is 0 Å². The number of hydrogen-bond donors (Lipinski definition) is 0. The molecule has 23 heavy (non-hydrogen) atoms. The van der Waals surface area contributed by atoms with Crippen molar-refractivity contribution in [2.75, 3.05) is 6.26 Å². The summed E-state index contributed by atoms with van der Waals surface area (Å²) in [7, 11) is -3.40. The second-order valence-electron chi connectivity index (χ2n) is 5.97. The number of nitrogens with zero attached hydrogens (tertiary/aromatic N) is 2. The summed E-state index contributed by atoms with van der Waals surface area (Å²) < 4.78 is 25.9. The average Bonchev–Trinajstić information content (AvgIpc) is 2.84. The minimum atomic E-state index is -3.40. The lowest BCUT2D eigenvalue weighted by atomic mass is 10.1. The molecule has 1 aromatic heterocycles. The number of hydrogen-bond acceptors (Lipinski definition) is 3. The maximum Gasteiger partial charge on any atom is 0.237 e. The first-order valence-corrected chi connectivity index (χ1v) is 9.44. The van der Waals surface area contributed by atoms with Crippen LogP contribution in [0.3, 0.4) is 0 Å². The van der Waals surface area contributed by atoms with Gasteiger partial charge in [-0.2, -0.15) is 0 Å². The van der Waals surface area contributed by atoms with Crippen LogP contribution in [0.2, 0.25) is 0 Å². The van der Waals surface area contributed by atoms with Gasteiger partial charge in [-0.05, 0) is 49.1 Å². The zero-order valence-corrected chi connectivity index (χ0v) is 14.4. The normalized spacial score (nSPS) is 12.0. The molecule has 0 radical (unpaired) electrons. The van der Waals surface area contributed by atoms with Crippen LogP contribution in [-0.4, -0.2) is 23.6 Å². The third-order valence-electron chi connectivity index (χ3n) is 4.11. The van der Waals surface area contributed by atoms with E-state index in [-0.39, 0.29) is 0 Å². The highest BCUT2D eigenvalue weighted by Gasteiger charge is 2.18. The summed E-state index contributed by atoms with van der Waals surface area (Å²) in [6.07, 6.45) is 2.58. The van der Waals surface area contributed by atoms with Crippen molar-refractivity contribution in [1.82, 2.24) is 8.96 Å². The minimum Gasteiger partial charge on any atom is -0.232 e. The highest BCUT2D eigenvalue weighted by atomic mass is 32.2. The van der Waals surface area contributed by atoms with Gasteiger partial charge in [-0.25, -0.2) is 17.4 Å². The van der Waals surface area contributed by atoms with Crippen LogP contribution in [-0.2, 0) is 22.9 Å². The summed E-state index contributed by atoms with van der Waals surface area (Å²) in [5.41, 5.74) is 4.76. The second-order valence-corrected chi connectivity index (χ2v) is 7.80. The summed E-state index contributed by atoms with van der Waals surface area (Å²) in [5.74, 6) is 0.594. The molecule has 0 bridgehead atoms. The van der Waals surface area contributed by atoms with Gasteiger partial charge < -0.3 is 0 Å². The Morgan fingerprint density at radius 1 is 1.00 bits per heavy atom. The van der Waals surface area contributed by atoms with Crippen molar-refractivity contribution in [2.45, 2.75) is 26.7 Å². The predicted octanol–water partition coefficient (Wildman–Crippen LogP) is 3.25. The molecule has 1 heterocycles. The Bertz CT molecular complexity index is 958. The fourth-order valence-electron chi connectivity index (χ4n) is 2.79. The van der Waals surface area contributed by atoms with Crippen LogP contribution < -0.4 is 0 Å². The van der Waals surface area contributed by atoms with Gasteiger partial charge >= 0.3 is 0 Å². The van der Waals surface area contributed by atoms with Gasteiger partial charge in [0.05, 0.1) is 17.3 Å². The van der Waals surface area contributed by atoms with Gasteiger partial charge in [-0.1, -0.05) is 30.3 Å². The molecule has 3 rings (SSSR count). The van der Waals surface area contributed by atoms with Gasteiger partial charge in [0, 0.05) is 6.42 Å². The fourth-order valence-corrected chi connectivity index (χ4v) is 3.81. The zero-order chi connectivity index (χ0) is 16.6. The molecule has 0 aliphatic carbocycles. The summed E-state index contributed by atoms with van der Waals surface area (Å²) in [6, 6.07) is 13.9. The molecule has 3 aromatic rings. The molecule has 2 aromatic carbocycles. The molecule has 0 spiro atoms. The van der Waals surface area contributed by atoms with Crippen molar-refractivity contribution in [3.8, 4) is 0 Å². The molecule has 0 aliphatic rings. The van der Waals surface area contributed by atoms with Crippen LogP contribution in [0.25, 0.3) is 11.0 Å². The lowest BCUT2D eigenvalue weighted by molar-refractivity contribution is 0.592. The van der Waals surface area contributed by atoms with Gasteiger partial charge in [0.25, 0.3) is 0 Å². The highest BCUT2D eigenvalue weighted by molar-refractivity contribution is 7.89. The van der Waals surface area contributed by atoms with Crippen molar-refractivity contribution >= 4 is 21.1 Å². The van der Waals surface area contributed by atoms with E-state index < -0.39 is 10.0 Å². The molecule has 0 atom stereocenters. The summed E-state index contributed by atoms with van der Waals surface area (Å²) in [5, 5.41) is 0. The monoisotopic (exact) mass is 328 g/mol. The van der Waals surface area contributed by atoms with Crippen molar-refractivity contribution in [3.63, 3.8) is 0 Å². The van der Waals surface area contributed by atoms with E-state index in [0.29, 0.717) is 17.8 Å². The lowest BCUT2D eigenvalue weighted by Gasteiger charge is -2.07. The first-order valence-electron chi connectivity index (χ1n) is 7.59. The summed E-state index contributed by atoms with van der Waals surface area (Å²) in [6.45, 7) is 4.00. The molecule has 0 fully saturated rings. The Morgan fingerprint density at radius 3 is 2.30 bits per heavy atom. The van der Waals surface area contributed by atoms with Crippen LogP contribution in [0.4, 0.5) is 0 Å². The van der Waals surface area contributed by atoms with Crippen molar-refractivity contribution < 1.29 is 8.42 Å². The Balaban J connectivity index is 2.08. The Kier molecular flexibility index (Phi) is 3.98. The van der Waals surface area contributed by atoms with Crippen LogP contribution in [0.1, 0.15) is 22.5 Å². The summed E-state index contributed by atoms with van der Waals surface area (Å²) >= 11 is 0. The Labute approximate surface area is 136 Å². The van der Waals surface area contributed by atoms with Crippen molar-refractivity contribution in [2.24, 2.45) is 0 Å². The van der Waals surface area contributed by atoms with E-state index in [1.807, 2.05) is 56.3 Å². The first kappa shape index (κ1) is 15.7. The van der Waals surface area contributed by atoms with Gasteiger partial charge in [0.1, 0.15) is 5.82 Å². The lowest BCUT2D eigenvalue weighted by Crippen LogP contribution is -2.14. The number of aryl methyl sites for hydroxylation is 4. The standard InChI is InChI=1S/C18H20N2O2S/c1-13-11-16-17(12-14(13)2)20(23(3,21)22)18(19-16)10-9-15-7-5-4-6-8-15/h4-8,11-12H,9-10H2,1-3H3. The molecule has 5 heteroatoms. The molecule has 0 amide bonds. The van der Waals surface area contributed by atoms with Crippen LogP contribution in [0, 0.1) is 13.8 Å². The number of imidazole rings is 1. The van der Waals surface area contributed by atoms with E-state index in [9.17, 15) is 8.42 Å². The average molecular weight is 328 g/mol. The number of benzene rings is 2. The maximum absolute atomic E-state index is 12.3. The molecule has 0 aliphatic heterocycles. The molecule has 0 saturated carbocycles. The quantitative estimate of drug-likeness (QED) is 0.739. The molecule has 0 N–H and O–H groups in total. The number of rotatable bonds is 4. The van der Waals surface area contributed by atoms with Crippen LogP contribution >= 0.6 is 0 Å². The number of fused-ring (bicyclic) bond motifs is 1. The SMILES string of the molecule is Cc1cc2nc(CCc3ccccc3)n(S(C)(=O)=O)c2cc1C. The fraction of sp³-hybridized carbons (Fsp3) is 0.278. The molecular formula is C18H20N2O2S. The second kappa shape index (κ2) is 5.81. The Hall–Kier alpha value is -2.14. The molecule has 120 valence electrons. The number of aromatic nitrogens is 2. The third-order valence-corrected chi connectivity index (χ3v) is 5.18. The topological polar surface area (TPSA) is 52.0 Å². The highest BCUT2D eigenvalue weighted by Crippen LogP contribution is 2.23.